The fourth-order valence-corrected chi connectivity index (χ4v) is 4.35. The predicted molar refractivity (Wildman–Crippen MR) is 118 cm³/mol. The summed E-state index contributed by atoms with van der Waals surface area (Å²) in [4.78, 5) is 11.9. The number of hydrogen-bond acceptors (Lipinski definition) is 4. The van der Waals surface area contributed by atoms with E-state index in [2.05, 4.69) is 51.0 Å². The molecule has 0 bridgehead atoms. The van der Waals surface area contributed by atoms with Crippen LogP contribution in [0.15, 0.2) is 29.3 Å². The van der Waals surface area contributed by atoms with Gasteiger partial charge in [-0.1, -0.05) is 12.1 Å². The second-order valence-electron chi connectivity index (χ2n) is 8.17. The zero-order valence-electron chi connectivity index (χ0n) is 18.0. The molecule has 156 valence electrons. The number of benzene rings is 1. The van der Waals surface area contributed by atoms with Gasteiger partial charge in [-0.25, -0.2) is 0 Å². The Labute approximate surface area is 170 Å². The normalized spacial score (nSPS) is 21.9. The first-order valence-corrected chi connectivity index (χ1v) is 10.7. The van der Waals surface area contributed by atoms with Gasteiger partial charge in [0.05, 0.1) is 12.8 Å². The van der Waals surface area contributed by atoms with Crippen molar-refractivity contribution in [2.45, 2.75) is 32.7 Å². The quantitative estimate of drug-likeness (QED) is 0.621. The fourth-order valence-electron chi connectivity index (χ4n) is 4.35. The summed E-state index contributed by atoms with van der Waals surface area (Å²) in [5, 5.41) is 3.65. The van der Waals surface area contributed by atoms with Crippen molar-refractivity contribution < 1.29 is 4.74 Å². The van der Waals surface area contributed by atoms with E-state index in [1.807, 2.05) is 19.2 Å². The van der Waals surface area contributed by atoms with Crippen LogP contribution in [0.2, 0.25) is 0 Å². The molecule has 2 fully saturated rings. The first-order chi connectivity index (χ1) is 13.6. The number of nitrogens with one attached hydrogen (secondary N) is 1. The number of piperidine rings is 1. The molecule has 0 radical (unpaired) electrons. The van der Waals surface area contributed by atoms with Crippen LogP contribution in [0.4, 0.5) is 5.69 Å². The summed E-state index contributed by atoms with van der Waals surface area (Å²) < 4.78 is 5.53. The predicted octanol–water partition coefficient (Wildman–Crippen LogP) is 2.51. The van der Waals surface area contributed by atoms with Crippen molar-refractivity contribution >= 4 is 11.6 Å². The van der Waals surface area contributed by atoms with Gasteiger partial charge >= 0.3 is 0 Å². The number of likely N-dealkylation sites (tertiary alicyclic amines) is 1. The highest BCUT2D eigenvalue weighted by molar-refractivity contribution is 5.80. The zero-order chi connectivity index (χ0) is 19.9. The maximum Gasteiger partial charge on any atom is 0.193 e. The van der Waals surface area contributed by atoms with E-state index in [0.29, 0.717) is 12.0 Å². The van der Waals surface area contributed by atoms with E-state index in [4.69, 9.17) is 4.74 Å². The van der Waals surface area contributed by atoms with Crippen LogP contribution in [0.1, 0.15) is 26.7 Å². The molecule has 6 heteroatoms. The summed E-state index contributed by atoms with van der Waals surface area (Å²) in [7, 11) is 3.64. The number of guanidine groups is 1. The van der Waals surface area contributed by atoms with Crippen LogP contribution in [-0.4, -0.2) is 81.8 Å². The van der Waals surface area contributed by atoms with Gasteiger partial charge in [-0.3, -0.25) is 4.99 Å². The first-order valence-electron chi connectivity index (χ1n) is 10.7. The molecule has 1 unspecified atom stereocenters. The van der Waals surface area contributed by atoms with Crippen LogP contribution in [0.3, 0.4) is 0 Å². The molecule has 2 saturated heterocycles. The van der Waals surface area contributed by atoms with E-state index in [0.717, 1.165) is 44.4 Å². The number of anilines is 1. The summed E-state index contributed by atoms with van der Waals surface area (Å²) in [5.41, 5.74) is 1.18. The second-order valence-corrected chi connectivity index (χ2v) is 8.17. The Morgan fingerprint density at radius 3 is 2.61 bits per heavy atom. The summed E-state index contributed by atoms with van der Waals surface area (Å²) in [6.45, 7) is 12.0. The minimum Gasteiger partial charge on any atom is -0.495 e. The summed E-state index contributed by atoms with van der Waals surface area (Å²) >= 11 is 0. The van der Waals surface area contributed by atoms with Gasteiger partial charge in [0, 0.05) is 52.4 Å². The minimum atomic E-state index is 0.644. The largest absolute Gasteiger partial charge is 0.495 e. The number of nitrogens with zero attached hydrogens (tertiary/aromatic N) is 4. The van der Waals surface area contributed by atoms with E-state index < -0.39 is 0 Å². The molecule has 6 nitrogen and oxygen atoms in total. The van der Waals surface area contributed by atoms with Crippen molar-refractivity contribution in [3.05, 3.63) is 24.3 Å². The number of ether oxygens (including phenoxy) is 1. The Morgan fingerprint density at radius 2 is 1.93 bits per heavy atom. The topological polar surface area (TPSA) is 43.3 Å². The third-order valence-corrected chi connectivity index (χ3v) is 6.05. The van der Waals surface area contributed by atoms with E-state index in [9.17, 15) is 0 Å². The molecular formula is C22H37N5O. The van der Waals surface area contributed by atoms with Crippen molar-refractivity contribution in [3.8, 4) is 5.75 Å². The van der Waals surface area contributed by atoms with Crippen LogP contribution in [0, 0.1) is 5.92 Å². The lowest BCUT2D eigenvalue weighted by atomic mass is 9.97. The number of hydrogen-bond donors (Lipinski definition) is 1. The molecule has 0 spiro atoms. The number of methoxy groups -OCH3 is 1. The Balaban J connectivity index is 1.50. The van der Waals surface area contributed by atoms with Gasteiger partial charge in [0.15, 0.2) is 5.96 Å². The number of piperazine rings is 1. The monoisotopic (exact) mass is 387 g/mol. The lowest BCUT2D eigenvalue weighted by Gasteiger charge is -2.39. The molecule has 1 aromatic rings. The second kappa shape index (κ2) is 10.0. The molecule has 2 aliphatic rings. The Kier molecular flexibility index (Phi) is 7.43. The molecule has 2 heterocycles. The highest BCUT2D eigenvalue weighted by atomic mass is 16.5. The molecular weight excluding hydrogens is 350 g/mol. The van der Waals surface area contributed by atoms with Gasteiger partial charge in [-0.2, -0.15) is 0 Å². The number of aliphatic imine (C=N–C) groups is 1. The van der Waals surface area contributed by atoms with Gasteiger partial charge < -0.3 is 24.8 Å². The average molecular weight is 388 g/mol. The van der Waals surface area contributed by atoms with Crippen molar-refractivity contribution in [1.29, 1.82) is 0 Å². The van der Waals surface area contributed by atoms with Crippen LogP contribution in [-0.2, 0) is 0 Å². The first kappa shape index (κ1) is 20.8. The maximum absolute atomic E-state index is 5.53. The van der Waals surface area contributed by atoms with Gasteiger partial charge in [0.25, 0.3) is 0 Å². The van der Waals surface area contributed by atoms with Crippen molar-refractivity contribution in [2.24, 2.45) is 10.9 Å². The Hall–Kier alpha value is -1.95. The van der Waals surface area contributed by atoms with Gasteiger partial charge in [0.2, 0.25) is 0 Å². The summed E-state index contributed by atoms with van der Waals surface area (Å²) in [6, 6.07) is 8.92. The summed E-state index contributed by atoms with van der Waals surface area (Å²) in [6.07, 6.45) is 2.62. The van der Waals surface area contributed by atoms with Gasteiger partial charge in [-0.05, 0) is 51.3 Å². The fraction of sp³-hybridized carbons (Fsp3) is 0.682. The highest BCUT2D eigenvalue weighted by Crippen LogP contribution is 2.28. The van der Waals surface area contributed by atoms with Gasteiger partial charge in [0.1, 0.15) is 5.75 Å². The van der Waals surface area contributed by atoms with E-state index in [1.165, 1.54) is 31.6 Å². The molecule has 1 N–H and O–H groups in total. The van der Waals surface area contributed by atoms with Crippen LogP contribution < -0.4 is 15.0 Å². The third-order valence-electron chi connectivity index (χ3n) is 6.05. The average Bonchev–Trinajstić information content (AvgIpc) is 2.75. The number of rotatable bonds is 5. The molecule has 0 amide bonds. The summed E-state index contributed by atoms with van der Waals surface area (Å²) in [5.74, 6) is 2.70. The molecule has 1 atom stereocenters. The number of para-hydroxylation sites is 2. The van der Waals surface area contributed by atoms with Crippen LogP contribution >= 0.6 is 0 Å². The SMILES string of the molecule is CN=C(NCC1CCCN(C(C)C)C1)N1CCN(c2ccccc2OC)CC1. The van der Waals surface area contributed by atoms with E-state index in [-0.39, 0.29) is 0 Å². The molecule has 0 aliphatic carbocycles. The Morgan fingerprint density at radius 1 is 1.18 bits per heavy atom. The van der Waals surface area contributed by atoms with Crippen molar-refractivity contribution in [1.82, 2.24) is 15.1 Å². The molecule has 0 aromatic heterocycles. The highest BCUT2D eigenvalue weighted by Gasteiger charge is 2.24. The van der Waals surface area contributed by atoms with Crippen LogP contribution in [0.25, 0.3) is 0 Å². The zero-order valence-corrected chi connectivity index (χ0v) is 18.0. The lowest BCUT2D eigenvalue weighted by Crippen LogP contribution is -2.53. The van der Waals surface area contributed by atoms with Crippen LogP contribution in [0.5, 0.6) is 5.75 Å². The lowest BCUT2D eigenvalue weighted by molar-refractivity contribution is 0.140. The van der Waals surface area contributed by atoms with Crippen molar-refractivity contribution in [2.75, 3.05) is 64.9 Å². The standard InChI is InChI=1S/C22H37N5O/c1-18(2)27-11-7-8-19(17-27)16-24-22(23-3)26-14-12-25(13-15-26)20-9-5-6-10-21(20)28-4/h5-6,9-10,18-19H,7-8,11-17H2,1-4H3,(H,23,24). The molecule has 1 aromatic carbocycles. The minimum absolute atomic E-state index is 0.644. The third kappa shape index (κ3) is 5.10. The molecule has 0 saturated carbocycles. The molecule has 3 rings (SSSR count). The van der Waals surface area contributed by atoms with E-state index >= 15 is 0 Å². The van der Waals surface area contributed by atoms with Gasteiger partial charge in [-0.15, -0.1) is 0 Å². The Bertz CT molecular complexity index is 640. The molecule has 28 heavy (non-hydrogen) atoms. The van der Waals surface area contributed by atoms with Crippen molar-refractivity contribution in [3.63, 3.8) is 0 Å². The van der Waals surface area contributed by atoms with E-state index in [1.54, 1.807) is 7.11 Å². The smallest absolute Gasteiger partial charge is 0.193 e. The maximum atomic E-state index is 5.53. The molecule has 2 aliphatic heterocycles.